The Morgan fingerprint density at radius 3 is 2.33 bits per heavy atom. The first-order valence-electron chi connectivity index (χ1n) is 8.78. The molecule has 0 radical (unpaired) electrons. The molecule has 0 aliphatic carbocycles. The zero-order valence-electron chi connectivity index (χ0n) is 14.6. The number of amides is 2. The van der Waals surface area contributed by atoms with Gasteiger partial charge in [-0.05, 0) is 29.8 Å². The summed E-state index contributed by atoms with van der Waals surface area (Å²) in [6.07, 6.45) is 3.46. The number of benzene rings is 1. The Balaban J connectivity index is 1.36. The van der Waals surface area contributed by atoms with Crippen LogP contribution in [0.1, 0.15) is 15.9 Å². The van der Waals surface area contributed by atoms with Crippen molar-refractivity contribution in [3.63, 3.8) is 0 Å². The van der Waals surface area contributed by atoms with Crippen LogP contribution in [0, 0.1) is 0 Å². The first-order chi connectivity index (χ1) is 13.1. The van der Waals surface area contributed by atoms with Crippen molar-refractivity contribution in [1.82, 2.24) is 24.8 Å². The predicted molar refractivity (Wildman–Crippen MR) is 99.3 cm³/mol. The average Bonchev–Trinajstić information content (AvgIpc) is 3.07. The van der Waals surface area contributed by atoms with Crippen LogP contribution in [0.25, 0.3) is 11.0 Å². The number of nitrogens with one attached hydrogen (secondary N) is 2. The van der Waals surface area contributed by atoms with E-state index in [9.17, 15) is 14.4 Å². The quantitative estimate of drug-likeness (QED) is 0.716. The van der Waals surface area contributed by atoms with Crippen LogP contribution in [0.2, 0.25) is 0 Å². The van der Waals surface area contributed by atoms with Crippen molar-refractivity contribution in [3.8, 4) is 0 Å². The highest BCUT2D eigenvalue weighted by Crippen LogP contribution is 2.13. The van der Waals surface area contributed by atoms with Crippen molar-refractivity contribution in [3.05, 3.63) is 64.3 Å². The maximum atomic E-state index is 12.6. The Morgan fingerprint density at radius 1 is 0.926 bits per heavy atom. The van der Waals surface area contributed by atoms with Gasteiger partial charge in [-0.25, -0.2) is 4.79 Å². The van der Waals surface area contributed by atoms with E-state index in [0.717, 1.165) is 11.1 Å². The van der Waals surface area contributed by atoms with E-state index in [-0.39, 0.29) is 23.9 Å². The number of pyridine rings is 1. The van der Waals surface area contributed by atoms with Crippen molar-refractivity contribution in [1.29, 1.82) is 0 Å². The van der Waals surface area contributed by atoms with Gasteiger partial charge in [0.05, 0.1) is 17.5 Å². The number of carbonyl (C=O) groups is 2. The van der Waals surface area contributed by atoms with Gasteiger partial charge in [-0.2, -0.15) is 0 Å². The molecule has 8 nitrogen and oxygen atoms in total. The molecule has 138 valence electrons. The van der Waals surface area contributed by atoms with Gasteiger partial charge in [-0.3, -0.25) is 14.6 Å². The van der Waals surface area contributed by atoms with Gasteiger partial charge in [0, 0.05) is 44.1 Å². The minimum absolute atomic E-state index is 0.0169. The number of hydrogen-bond donors (Lipinski definition) is 2. The van der Waals surface area contributed by atoms with Gasteiger partial charge >= 0.3 is 5.69 Å². The average molecular weight is 365 g/mol. The first-order valence-corrected chi connectivity index (χ1v) is 8.78. The van der Waals surface area contributed by atoms with E-state index >= 15 is 0 Å². The molecule has 3 heterocycles. The summed E-state index contributed by atoms with van der Waals surface area (Å²) in [6.45, 7) is 2.05. The van der Waals surface area contributed by atoms with E-state index in [1.54, 1.807) is 40.4 Å². The monoisotopic (exact) mass is 365 g/mol. The third-order valence-electron chi connectivity index (χ3n) is 4.78. The number of aromatic amines is 2. The lowest BCUT2D eigenvalue weighted by atomic mass is 10.1. The Labute approximate surface area is 154 Å². The second-order valence-electron chi connectivity index (χ2n) is 6.54. The lowest BCUT2D eigenvalue weighted by Crippen LogP contribution is -2.51. The van der Waals surface area contributed by atoms with Crippen LogP contribution in [0.15, 0.2) is 47.5 Å². The summed E-state index contributed by atoms with van der Waals surface area (Å²) in [4.78, 5) is 49.2. The topological polar surface area (TPSA) is 102 Å². The fourth-order valence-corrected chi connectivity index (χ4v) is 3.31. The fourth-order valence-electron chi connectivity index (χ4n) is 3.31. The highest BCUT2D eigenvalue weighted by molar-refractivity contribution is 5.94. The lowest BCUT2D eigenvalue weighted by Gasteiger charge is -2.35. The van der Waals surface area contributed by atoms with Crippen LogP contribution < -0.4 is 5.69 Å². The van der Waals surface area contributed by atoms with E-state index in [0.29, 0.717) is 37.3 Å². The fraction of sp³-hybridized carbons (Fsp3) is 0.263. The largest absolute Gasteiger partial charge is 0.339 e. The van der Waals surface area contributed by atoms with Gasteiger partial charge in [-0.15, -0.1) is 0 Å². The highest BCUT2D eigenvalue weighted by atomic mass is 16.2. The molecule has 2 aromatic heterocycles. The lowest BCUT2D eigenvalue weighted by molar-refractivity contribution is -0.131. The van der Waals surface area contributed by atoms with E-state index in [2.05, 4.69) is 15.0 Å². The molecule has 27 heavy (non-hydrogen) atoms. The molecule has 1 aliphatic rings. The van der Waals surface area contributed by atoms with Gasteiger partial charge in [0.25, 0.3) is 5.91 Å². The molecule has 0 atom stereocenters. The Kier molecular flexibility index (Phi) is 4.45. The van der Waals surface area contributed by atoms with Crippen LogP contribution in [0.3, 0.4) is 0 Å². The molecule has 2 amide bonds. The standard InChI is InChI=1S/C19H19N5O3/c25-17(12-13-1-2-15-16(11-13)22-19(27)21-15)23-7-9-24(10-8-23)18(26)14-3-5-20-6-4-14/h1-6,11H,7-10,12H2,(H2,21,22,27). The van der Waals surface area contributed by atoms with Crippen molar-refractivity contribution in [2.75, 3.05) is 26.2 Å². The molecule has 0 saturated carbocycles. The molecule has 1 aliphatic heterocycles. The maximum Gasteiger partial charge on any atom is 0.323 e. The number of aromatic nitrogens is 3. The van der Waals surface area contributed by atoms with Crippen LogP contribution in [0.5, 0.6) is 0 Å². The normalized spacial score (nSPS) is 14.5. The molecule has 2 N–H and O–H groups in total. The minimum Gasteiger partial charge on any atom is -0.339 e. The summed E-state index contributed by atoms with van der Waals surface area (Å²) in [5, 5.41) is 0. The number of H-pyrrole nitrogens is 2. The smallest absolute Gasteiger partial charge is 0.323 e. The second-order valence-corrected chi connectivity index (χ2v) is 6.54. The maximum absolute atomic E-state index is 12.6. The van der Waals surface area contributed by atoms with E-state index in [1.807, 2.05) is 12.1 Å². The highest BCUT2D eigenvalue weighted by Gasteiger charge is 2.24. The van der Waals surface area contributed by atoms with Gasteiger partial charge in [-0.1, -0.05) is 6.07 Å². The summed E-state index contributed by atoms with van der Waals surface area (Å²) in [5.74, 6) is -0.0189. The van der Waals surface area contributed by atoms with Crippen LogP contribution in [0.4, 0.5) is 0 Å². The Bertz CT molecular complexity index is 1030. The Hall–Kier alpha value is -3.42. The van der Waals surface area contributed by atoms with Gasteiger partial charge in [0.2, 0.25) is 5.91 Å². The third-order valence-corrected chi connectivity index (χ3v) is 4.78. The Morgan fingerprint density at radius 2 is 1.59 bits per heavy atom. The molecule has 0 spiro atoms. The van der Waals surface area contributed by atoms with Crippen molar-refractivity contribution in [2.24, 2.45) is 0 Å². The number of nitrogens with zero attached hydrogens (tertiary/aromatic N) is 3. The summed E-state index contributed by atoms with van der Waals surface area (Å²) >= 11 is 0. The number of piperazine rings is 1. The molecule has 8 heteroatoms. The van der Waals surface area contributed by atoms with Crippen LogP contribution >= 0.6 is 0 Å². The number of imidazole rings is 1. The van der Waals surface area contributed by atoms with Crippen LogP contribution in [-0.2, 0) is 11.2 Å². The van der Waals surface area contributed by atoms with E-state index in [1.165, 1.54) is 0 Å². The van der Waals surface area contributed by atoms with Gasteiger partial charge in [0.1, 0.15) is 0 Å². The van der Waals surface area contributed by atoms with Crippen molar-refractivity contribution >= 4 is 22.8 Å². The number of carbonyl (C=O) groups excluding carboxylic acids is 2. The second kappa shape index (κ2) is 7.06. The van der Waals surface area contributed by atoms with E-state index < -0.39 is 0 Å². The zero-order valence-corrected chi connectivity index (χ0v) is 14.6. The number of fused-ring (bicyclic) bond motifs is 1. The third kappa shape index (κ3) is 3.59. The molecule has 0 unspecified atom stereocenters. The summed E-state index contributed by atoms with van der Waals surface area (Å²) in [6, 6.07) is 8.84. The molecule has 4 rings (SSSR count). The van der Waals surface area contributed by atoms with Gasteiger partial charge < -0.3 is 19.8 Å². The molecular formula is C19H19N5O3. The summed E-state index contributed by atoms with van der Waals surface area (Å²) in [5.41, 5.74) is 2.61. The molecule has 0 bridgehead atoms. The predicted octanol–water partition coefficient (Wildman–Crippen LogP) is 0.778. The van der Waals surface area contributed by atoms with Crippen LogP contribution in [-0.4, -0.2) is 62.7 Å². The van der Waals surface area contributed by atoms with Crippen molar-refractivity contribution < 1.29 is 9.59 Å². The molecule has 1 fully saturated rings. The zero-order chi connectivity index (χ0) is 18.8. The van der Waals surface area contributed by atoms with E-state index in [4.69, 9.17) is 0 Å². The molecule has 1 saturated heterocycles. The first kappa shape index (κ1) is 17.0. The molecule has 1 aromatic carbocycles. The summed E-state index contributed by atoms with van der Waals surface area (Å²) in [7, 11) is 0. The van der Waals surface area contributed by atoms with Gasteiger partial charge in [0.15, 0.2) is 0 Å². The SMILES string of the molecule is O=C(Cc1ccc2[nH]c(=O)[nH]c2c1)N1CCN(C(=O)c2ccncc2)CC1. The minimum atomic E-state index is -0.261. The van der Waals surface area contributed by atoms with Crippen molar-refractivity contribution in [2.45, 2.75) is 6.42 Å². The number of hydrogen-bond acceptors (Lipinski definition) is 4. The summed E-state index contributed by atoms with van der Waals surface area (Å²) < 4.78 is 0. The number of rotatable bonds is 3. The molecule has 3 aromatic rings. The molecular weight excluding hydrogens is 346 g/mol.